The number of hydrogen-bond acceptors (Lipinski definition) is 1. The van der Waals surface area contributed by atoms with E-state index >= 15 is 0 Å². The molecule has 0 unspecified atom stereocenters. The van der Waals surface area contributed by atoms with Gasteiger partial charge in [0.1, 0.15) is 0 Å². The van der Waals surface area contributed by atoms with E-state index in [9.17, 15) is 0 Å². The van der Waals surface area contributed by atoms with E-state index in [2.05, 4.69) is 0 Å². The summed E-state index contributed by atoms with van der Waals surface area (Å²) in [4.78, 5) is 1.15. The first-order valence-corrected chi connectivity index (χ1v) is 6.84. The van der Waals surface area contributed by atoms with Crippen LogP contribution in [0, 0.1) is 0 Å². The topological polar surface area (TPSA) is 20.2 Å². The van der Waals surface area contributed by atoms with E-state index in [-0.39, 0.29) is 16.7 Å². The van der Waals surface area contributed by atoms with Crippen molar-refractivity contribution in [1.82, 2.24) is 0 Å². The van der Waals surface area contributed by atoms with Gasteiger partial charge < -0.3 is 0 Å². The predicted molar refractivity (Wildman–Crippen MR) is 27.0 cm³/mol. The molecule has 1 nitrogen and oxygen atoms in total. The number of halogens is 1. The zero-order valence-electron chi connectivity index (χ0n) is 3.99. The van der Waals surface area contributed by atoms with E-state index in [1.165, 1.54) is 0 Å². The number of rotatable bonds is 4. The Kier molecular flexibility index (Phi) is 7.79. The molecule has 0 aliphatic heterocycles. The van der Waals surface area contributed by atoms with Gasteiger partial charge in [0.2, 0.25) is 0 Å². The third-order valence-electron chi connectivity index (χ3n) is 0.589. The Hall–Kier alpha value is 0.899. The first-order chi connectivity index (χ1) is 3.41. The molecule has 0 aliphatic carbocycles. The second-order valence-corrected chi connectivity index (χ2v) is 4.48. The fourth-order valence-electron chi connectivity index (χ4n) is 0.240. The van der Waals surface area contributed by atoms with Crippen LogP contribution in [0.15, 0.2) is 0 Å². The summed E-state index contributed by atoms with van der Waals surface area (Å²) in [5, 5.41) is 8.26. The van der Waals surface area contributed by atoms with Gasteiger partial charge in [-0.05, 0) is 0 Å². The molecule has 0 aromatic heterocycles. The molecule has 0 fully saturated rings. The summed E-state index contributed by atoms with van der Waals surface area (Å²) in [7, 11) is 5.48. The van der Waals surface area contributed by atoms with Crippen LogP contribution in [0.5, 0.6) is 0 Å². The van der Waals surface area contributed by atoms with Crippen LogP contribution >= 0.6 is 9.58 Å². The quantitative estimate of drug-likeness (QED) is 0.779. The van der Waals surface area contributed by atoms with Gasteiger partial charge in [0, 0.05) is 0 Å². The minimum atomic E-state index is -0.148. The average Bonchev–Trinajstić information content (AvgIpc) is 1.69. The van der Waals surface area contributed by atoms with Crippen molar-refractivity contribution in [2.24, 2.45) is 0 Å². The Balaban J connectivity index is 2.45. The van der Waals surface area contributed by atoms with Gasteiger partial charge in [-0.1, -0.05) is 0 Å². The van der Waals surface area contributed by atoms with E-state index in [1.807, 2.05) is 0 Å². The second kappa shape index (κ2) is 6.90. The molecule has 7 heavy (non-hydrogen) atoms. The van der Waals surface area contributed by atoms with E-state index < -0.39 is 0 Å². The molecule has 0 aromatic carbocycles. The van der Waals surface area contributed by atoms with Crippen molar-refractivity contribution in [3.8, 4) is 0 Å². The van der Waals surface area contributed by atoms with Crippen molar-refractivity contribution in [1.29, 1.82) is 0 Å². The first kappa shape index (κ1) is 7.90. The maximum atomic E-state index is 8.26. The molecular weight excluding hydrogens is 292 g/mol. The summed E-state index contributed by atoms with van der Waals surface area (Å²) < 4.78 is 0. The molecule has 0 aliphatic rings. The van der Waals surface area contributed by atoms with Crippen LogP contribution in [0.1, 0.15) is 12.8 Å². The van der Waals surface area contributed by atoms with Gasteiger partial charge in [0.15, 0.2) is 0 Å². The summed E-state index contributed by atoms with van der Waals surface area (Å²) in [6.07, 6.45) is 2.04. The van der Waals surface area contributed by atoms with Crippen LogP contribution in [-0.4, -0.2) is 11.7 Å². The third kappa shape index (κ3) is 6.90. The maximum absolute atomic E-state index is 8.26. The number of hydrogen-bond donors (Lipinski definition) is 1. The van der Waals surface area contributed by atoms with E-state index in [0.29, 0.717) is 6.61 Å². The molecule has 0 aromatic rings. The van der Waals surface area contributed by atoms with Crippen LogP contribution < -0.4 is 0 Å². The van der Waals surface area contributed by atoms with Gasteiger partial charge >= 0.3 is 55.8 Å². The van der Waals surface area contributed by atoms with Gasteiger partial charge in [0.25, 0.3) is 0 Å². The van der Waals surface area contributed by atoms with E-state index in [0.717, 1.165) is 17.8 Å². The van der Waals surface area contributed by atoms with Gasteiger partial charge in [-0.3, -0.25) is 0 Å². The van der Waals surface area contributed by atoms with Gasteiger partial charge in [-0.15, -0.1) is 0 Å². The summed E-state index contributed by atoms with van der Waals surface area (Å²) >= 11 is -0.148. The van der Waals surface area contributed by atoms with Crippen molar-refractivity contribution < 1.29 is 21.8 Å². The van der Waals surface area contributed by atoms with Crippen molar-refractivity contribution in [3.63, 3.8) is 0 Å². The van der Waals surface area contributed by atoms with Crippen molar-refractivity contribution >= 4 is 9.58 Å². The summed E-state index contributed by atoms with van der Waals surface area (Å²) in [5.74, 6) is 0. The second-order valence-electron chi connectivity index (χ2n) is 1.19. The standard InChI is InChI=1S/C4H9O.ClH.Ir/c1-2-3-4-5;;/h5H,1-4H2;1H;/q;;+1/p-1. The van der Waals surface area contributed by atoms with Crippen LogP contribution in [0.4, 0.5) is 0 Å². The molecule has 0 saturated carbocycles. The fraction of sp³-hybridized carbons (Fsp3) is 1.00. The zero-order chi connectivity index (χ0) is 5.54. The molecule has 0 heterocycles. The van der Waals surface area contributed by atoms with Crippen LogP contribution in [0.25, 0.3) is 0 Å². The Morgan fingerprint density at radius 2 is 2.14 bits per heavy atom. The summed E-state index contributed by atoms with van der Waals surface area (Å²) in [5.41, 5.74) is 0. The fourth-order valence-corrected chi connectivity index (χ4v) is 1.89. The molecule has 0 bridgehead atoms. The van der Waals surface area contributed by atoms with Crippen molar-refractivity contribution in [2.75, 3.05) is 6.61 Å². The molecule has 3 heteroatoms. The molecule has 1 N–H and O–H groups in total. The van der Waals surface area contributed by atoms with Crippen LogP contribution in [0.2, 0.25) is 4.93 Å². The van der Waals surface area contributed by atoms with Crippen molar-refractivity contribution in [3.05, 3.63) is 0 Å². The SMILES string of the molecule is OCCC[CH2][Ir][Cl]. The molecular formula is C4H9ClIrO. The molecule has 0 atom stereocenters. The van der Waals surface area contributed by atoms with Crippen LogP contribution in [0.3, 0.4) is 0 Å². The Morgan fingerprint density at radius 3 is 2.57 bits per heavy atom. The molecule has 47 valence electrons. The Morgan fingerprint density at radius 1 is 1.43 bits per heavy atom. The Labute approximate surface area is 56.0 Å². The van der Waals surface area contributed by atoms with E-state index in [1.54, 1.807) is 0 Å². The molecule has 0 rings (SSSR count). The molecule has 0 radical (unpaired) electrons. The monoisotopic (exact) mass is 301 g/mol. The Bertz CT molecular complexity index is 30.9. The summed E-state index contributed by atoms with van der Waals surface area (Å²) in [6.45, 7) is 0.322. The van der Waals surface area contributed by atoms with E-state index in [4.69, 9.17) is 14.7 Å². The predicted octanol–water partition coefficient (Wildman–Crippen LogP) is 1.41. The normalized spacial score (nSPS) is 10.0. The van der Waals surface area contributed by atoms with Gasteiger partial charge in [-0.25, -0.2) is 0 Å². The zero-order valence-corrected chi connectivity index (χ0v) is 7.14. The first-order valence-electron chi connectivity index (χ1n) is 2.18. The summed E-state index contributed by atoms with van der Waals surface area (Å²) in [6, 6.07) is 0. The van der Waals surface area contributed by atoms with Crippen molar-refractivity contribution in [2.45, 2.75) is 17.8 Å². The third-order valence-corrected chi connectivity index (χ3v) is 2.92. The number of aliphatic hydroxyl groups excluding tert-OH is 1. The van der Waals surface area contributed by atoms with Gasteiger partial charge in [-0.2, -0.15) is 0 Å². The minimum absolute atomic E-state index is 0.148. The van der Waals surface area contributed by atoms with Crippen LogP contribution in [-0.2, 0) is 16.7 Å². The molecule has 0 amide bonds. The molecule has 0 saturated heterocycles. The van der Waals surface area contributed by atoms with Gasteiger partial charge in [0.05, 0.1) is 0 Å². The molecule has 0 spiro atoms. The number of aliphatic hydroxyl groups is 1. The average molecular weight is 301 g/mol. The number of unbranched alkanes of at least 4 members (excludes halogenated alkanes) is 1.